The zero-order valence-electron chi connectivity index (χ0n) is 13.1. The summed E-state index contributed by atoms with van der Waals surface area (Å²) in [5, 5.41) is 0.656. The maximum absolute atomic E-state index is 12.5. The molecule has 0 saturated heterocycles. The van der Waals surface area contributed by atoms with E-state index in [2.05, 4.69) is 58.8 Å². The molecule has 3 aromatic rings. The van der Waals surface area contributed by atoms with Crippen LogP contribution in [0.3, 0.4) is 0 Å². The smallest absolute Gasteiger partial charge is 0.261 e. The third-order valence-electron chi connectivity index (χ3n) is 3.89. The highest BCUT2D eigenvalue weighted by Gasteiger charge is 2.06. The number of halogens is 1. The molecule has 0 aliphatic carbocycles. The minimum Gasteiger partial charge on any atom is -0.296 e. The second-order valence-electron chi connectivity index (χ2n) is 5.42. The molecular weight excluding hydrogens is 399 g/mol. The Morgan fingerprint density at radius 3 is 2.57 bits per heavy atom. The van der Waals surface area contributed by atoms with Gasteiger partial charge in [0.2, 0.25) is 0 Å². The fraction of sp³-hybridized carbons (Fsp3) is 0.158. The second-order valence-corrected chi connectivity index (χ2v) is 6.67. The highest BCUT2D eigenvalue weighted by Crippen LogP contribution is 2.14. The Morgan fingerprint density at radius 1 is 1.13 bits per heavy atom. The lowest BCUT2D eigenvalue weighted by molar-refractivity contribution is 0.828. The van der Waals surface area contributed by atoms with Gasteiger partial charge in [-0.3, -0.25) is 9.36 Å². The molecule has 1 aromatic heterocycles. The van der Waals surface area contributed by atoms with Crippen LogP contribution in [-0.4, -0.2) is 9.55 Å². The van der Waals surface area contributed by atoms with Gasteiger partial charge in [-0.05, 0) is 64.4 Å². The molecule has 0 radical (unpaired) electrons. The number of aromatic nitrogens is 2. The van der Waals surface area contributed by atoms with Crippen molar-refractivity contribution in [2.45, 2.75) is 13.3 Å². The van der Waals surface area contributed by atoms with Crippen LogP contribution in [-0.2, 0) is 13.5 Å². The molecule has 1 heterocycles. The molecule has 0 fully saturated rings. The van der Waals surface area contributed by atoms with Crippen molar-refractivity contribution in [2.24, 2.45) is 7.05 Å². The number of benzene rings is 2. The Labute approximate surface area is 148 Å². The molecule has 0 amide bonds. The number of fused-ring (bicyclic) bond motifs is 1. The maximum Gasteiger partial charge on any atom is 0.261 e. The van der Waals surface area contributed by atoms with Crippen LogP contribution in [0.5, 0.6) is 0 Å². The van der Waals surface area contributed by atoms with E-state index in [4.69, 9.17) is 0 Å². The molecule has 0 atom stereocenters. The zero-order chi connectivity index (χ0) is 16.4. The van der Waals surface area contributed by atoms with Crippen LogP contribution in [0, 0.1) is 3.57 Å². The molecule has 0 unspecified atom stereocenters. The second kappa shape index (κ2) is 6.66. The average molecular weight is 416 g/mol. The Hall–Kier alpha value is -1.95. The van der Waals surface area contributed by atoms with Gasteiger partial charge in [0, 0.05) is 10.6 Å². The van der Waals surface area contributed by atoms with Crippen LogP contribution in [0.2, 0.25) is 0 Å². The fourth-order valence-corrected chi connectivity index (χ4v) is 2.94. The van der Waals surface area contributed by atoms with E-state index in [1.807, 2.05) is 30.4 Å². The van der Waals surface area contributed by atoms with Gasteiger partial charge in [-0.2, -0.15) is 0 Å². The third-order valence-corrected chi connectivity index (χ3v) is 4.56. The minimum absolute atomic E-state index is 0.0190. The normalized spacial score (nSPS) is 11.4. The molecule has 0 spiro atoms. The number of hydrogen-bond acceptors (Lipinski definition) is 2. The Balaban J connectivity index is 2.02. The van der Waals surface area contributed by atoms with E-state index in [-0.39, 0.29) is 5.56 Å². The van der Waals surface area contributed by atoms with Crippen molar-refractivity contribution in [2.75, 3.05) is 0 Å². The molecule has 3 nitrogen and oxygen atoms in total. The summed E-state index contributed by atoms with van der Waals surface area (Å²) in [7, 11) is 1.76. The van der Waals surface area contributed by atoms with Crippen LogP contribution < -0.4 is 5.56 Å². The SMILES string of the molecule is CCc1ccc(C=Cc2nc3ccc(I)cc3c(=O)n2C)cc1. The number of rotatable bonds is 3. The molecule has 4 heteroatoms. The van der Waals surface area contributed by atoms with E-state index in [0.717, 1.165) is 21.1 Å². The van der Waals surface area contributed by atoms with Gasteiger partial charge < -0.3 is 0 Å². The van der Waals surface area contributed by atoms with Gasteiger partial charge in [0.25, 0.3) is 5.56 Å². The van der Waals surface area contributed by atoms with Crippen molar-refractivity contribution in [1.82, 2.24) is 9.55 Å². The van der Waals surface area contributed by atoms with E-state index in [1.54, 1.807) is 11.6 Å². The maximum atomic E-state index is 12.5. The van der Waals surface area contributed by atoms with Crippen LogP contribution >= 0.6 is 22.6 Å². The van der Waals surface area contributed by atoms with Crippen molar-refractivity contribution in [3.05, 3.63) is 73.3 Å². The number of nitrogens with zero attached hydrogens (tertiary/aromatic N) is 2. The molecule has 0 bridgehead atoms. The lowest BCUT2D eigenvalue weighted by Crippen LogP contribution is -2.20. The summed E-state index contributed by atoms with van der Waals surface area (Å²) in [4.78, 5) is 17.1. The first-order valence-corrected chi connectivity index (χ1v) is 8.59. The predicted molar refractivity (Wildman–Crippen MR) is 104 cm³/mol. The summed E-state index contributed by atoms with van der Waals surface area (Å²) >= 11 is 2.21. The fourth-order valence-electron chi connectivity index (χ4n) is 2.44. The summed E-state index contributed by atoms with van der Waals surface area (Å²) < 4.78 is 2.63. The summed E-state index contributed by atoms with van der Waals surface area (Å²) in [5.74, 6) is 0.656. The van der Waals surface area contributed by atoms with E-state index < -0.39 is 0 Å². The first-order valence-electron chi connectivity index (χ1n) is 7.52. The standard InChI is InChI=1S/C19H17IN2O/c1-3-13-4-6-14(7-5-13)8-11-18-21-17-10-9-15(20)12-16(17)19(23)22(18)2/h4-12H,3H2,1-2H3. The topological polar surface area (TPSA) is 34.9 Å². The van der Waals surface area contributed by atoms with Crippen molar-refractivity contribution in [1.29, 1.82) is 0 Å². The van der Waals surface area contributed by atoms with E-state index in [0.29, 0.717) is 11.2 Å². The Bertz CT molecular complexity index is 940. The van der Waals surface area contributed by atoms with Crippen molar-refractivity contribution in [3.8, 4) is 0 Å². The highest BCUT2D eigenvalue weighted by molar-refractivity contribution is 14.1. The lowest BCUT2D eigenvalue weighted by atomic mass is 10.1. The van der Waals surface area contributed by atoms with Gasteiger partial charge in [0.15, 0.2) is 0 Å². The number of aryl methyl sites for hydroxylation is 1. The van der Waals surface area contributed by atoms with Crippen LogP contribution in [0.4, 0.5) is 0 Å². The van der Waals surface area contributed by atoms with Crippen molar-refractivity contribution < 1.29 is 0 Å². The van der Waals surface area contributed by atoms with Gasteiger partial charge in [0.05, 0.1) is 10.9 Å². The van der Waals surface area contributed by atoms with Gasteiger partial charge >= 0.3 is 0 Å². The first-order chi connectivity index (χ1) is 11.1. The predicted octanol–water partition coefficient (Wildman–Crippen LogP) is 4.27. The molecular formula is C19H17IN2O. The van der Waals surface area contributed by atoms with E-state index in [1.165, 1.54) is 5.56 Å². The summed E-state index contributed by atoms with van der Waals surface area (Å²) in [5.41, 5.74) is 3.12. The Morgan fingerprint density at radius 2 is 1.87 bits per heavy atom. The molecule has 0 N–H and O–H groups in total. The average Bonchev–Trinajstić information content (AvgIpc) is 2.58. The molecule has 3 rings (SSSR count). The molecule has 23 heavy (non-hydrogen) atoms. The quantitative estimate of drug-likeness (QED) is 0.598. The van der Waals surface area contributed by atoms with Gasteiger partial charge in [-0.15, -0.1) is 0 Å². The molecule has 0 saturated carbocycles. The van der Waals surface area contributed by atoms with Crippen LogP contribution in [0.25, 0.3) is 23.1 Å². The Kier molecular flexibility index (Phi) is 4.61. The van der Waals surface area contributed by atoms with Gasteiger partial charge in [-0.1, -0.05) is 37.3 Å². The third kappa shape index (κ3) is 3.37. The first kappa shape index (κ1) is 15.9. The van der Waals surface area contributed by atoms with Gasteiger partial charge in [-0.25, -0.2) is 4.98 Å². The summed E-state index contributed by atoms with van der Waals surface area (Å²) in [6, 6.07) is 14.1. The summed E-state index contributed by atoms with van der Waals surface area (Å²) in [6.07, 6.45) is 4.91. The van der Waals surface area contributed by atoms with Gasteiger partial charge in [0.1, 0.15) is 5.82 Å². The highest BCUT2D eigenvalue weighted by atomic mass is 127. The van der Waals surface area contributed by atoms with Crippen molar-refractivity contribution >= 4 is 45.6 Å². The van der Waals surface area contributed by atoms with Crippen LogP contribution in [0.1, 0.15) is 23.9 Å². The molecule has 116 valence electrons. The van der Waals surface area contributed by atoms with Crippen molar-refractivity contribution in [3.63, 3.8) is 0 Å². The molecule has 2 aromatic carbocycles. The zero-order valence-corrected chi connectivity index (χ0v) is 15.2. The summed E-state index contributed by atoms with van der Waals surface area (Å²) in [6.45, 7) is 2.14. The van der Waals surface area contributed by atoms with E-state index in [9.17, 15) is 4.79 Å². The minimum atomic E-state index is -0.0190. The molecule has 0 aliphatic heterocycles. The van der Waals surface area contributed by atoms with E-state index >= 15 is 0 Å². The monoisotopic (exact) mass is 416 g/mol. The van der Waals surface area contributed by atoms with Crippen LogP contribution in [0.15, 0.2) is 47.3 Å². The lowest BCUT2D eigenvalue weighted by Gasteiger charge is -2.06. The number of hydrogen-bond donors (Lipinski definition) is 0. The molecule has 0 aliphatic rings. The largest absolute Gasteiger partial charge is 0.296 e.